The highest BCUT2D eigenvalue weighted by atomic mass is 16.4. The van der Waals surface area contributed by atoms with Crippen molar-refractivity contribution in [1.29, 1.82) is 0 Å². The average molecular weight is 406 g/mol. The van der Waals surface area contributed by atoms with Gasteiger partial charge >= 0.3 is 17.9 Å². The van der Waals surface area contributed by atoms with Gasteiger partial charge in [-0.25, -0.2) is 4.79 Å². The lowest BCUT2D eigenvalue weighted by Gasteiger charge is -2.16. The van der Waals surface area contributed by atoms with Crippen LogP contribution in [0.1, 0.15) is 46.0 Å². The van der Waals surface area contributed by atoms with Crippen LogP contribution >= 0.6 is 0 Å². The number of hydrogen-bond acceptors (Lipinski definition) is 7. The molecule has 0 aromatic carbocycles. The summed E-state index contributed by atoms with van der Waals surface area (Å²) in [5, 5.41) is 28.0. The molecule has 0 saturated carbocycles. The van der Waals surface area contributed by atoms with Gasteiger partial charge in [0, 0.05) is 12.8 Å². The second kappa shape index (κ2) is 14.3. The molecule has 0 aromatic rings. The molecule has 0 heterocycles. The molecule has 0 aliphatic carbocycles. The SMILES string of the molecule is CC(C)C[C@H](NC(=O)CC[C@H](N)C(=O)O)C(=O)O.NC(=O)CC[C@H](N)C(=O)O. The first-order chi connectivity index (χ1) is 12.8. The van der Waals surface area contributed by atoms with Crippen LogP contribution in [0.2, 0.25) is 0 Å². The van der Waals surface area contributed by atoms with Crippen LogP contribution in [0, 0.1) is 5.92 Å². The third kappa shape index (κ3) is 15.5. The molecule has 3 atom stereocenters. The fourth-order valence-corrected chi connectivity index (χ4v) is 1.79. The van der Waals surface area contributed by atoms with E-state index in [1.54, 1.807) is 0 Å². The van der Waals surface area contributed by atoms with E-state index >= 15 is 0 Å². The molecule has 10 N–H and O–H groups in total. The number of rotatable bonds is 12. The normalized spacial score (nSPS) is 13.5. The van der Waals surface area contributed by atoms with Gasteiger partial charge in [-0.3, -0.25) is 19.2 Å². The van der Waals surface area contributed by atoms with Crippen molar-refractivity contribution in [2.24, 2.45) is 23.1 Å². The fourth-order valence-electron chi connectivity index (χ4n) is 1.79. The number of carboxylic acids is 3. The van der Waals surface area contributed by atoms with Gasteiger partial charge < -0.3 is 37.8 Å². The summed E-state index contributed by atoms with van der Waals surface area (Å²) in [6.07, 6.45) is 0.328. The molecule has 0 aromatic heterocycles. The maximum Gasteiger partial charge on any atom is 0.326 e. The Morgan fingerprint density at radius 2 is 1.25 bits per heavy atom. The Morgan fingerprint density at radius 3 is 1.57 bits per heavy atom. The maximum atomic E-state index is 11.4. The Morgan fingerprint density at radius 1 is 0.821 bits per heavy atom. The standard InChI is InChI=1S/C11H20N2O5.C5H10N2O3/c1-6(2)5-8(11(17)18)13-9(14)4-3-7(12)10(15)16;6-3(5(9)10)1-2-4(7)8/h6-8H,3-5,12H2,1-2H3,(H,13,14)(H,15,16)(H,17,18);3H,1-2,6H2,(H2,7,8)(H,9,10)/t7-,8-;3-/m00/s1. The van der Waals surface area contributed by atoms with Crippen molar-refractivity contribution < 1.29 is 39.3 Å². The highest BCUT2D eigenvalue weighted by molar-refractivity contribution is 5.84. The van der Waals surface area contributed by atoms with E-state index in [4.69, 9.17) is 32.5 Å². The number of primary amides is 1. The summed E-state index contributed by atoms with van der Waals surface area (Å²) < 4.78 is 0. The number of carbonyl (C=O) groups is 5. The van der Waals surface area contributed by atoms with Crippen molar-refractivity contribution in [3.05, 3.63) is 0 Å². The molecule has 0 radical (unpaired) electrons. The number of carboxylic acid groups (broad SMARTS) is 3. The van der Waals surface area contributed by atoms with Gasteiger partial charge in [0.2, 0.25) is 11.8 Å². The van der Waals surface area contributed by atoms with E-state index in [-0.39, 0.29) is 31.6 Å². The molecule has 0 aliphatic heterocycles. The van der Waals surface area contributed by atoms with Gasteiger partial charge in [0.05, 0.1) is 0 Å². The lowest BCUT2D eigenvalue weighted by atomic mass is 10.0. The number of carbonyl (C=O) groups excluding carboxylic acids is 2. The molecule has 0 unspecified atom stereocenters. The minimum Gasteiger partial charge on any atom is -0.480 e. The zero-order valence-corrected chi connectivity index (χ0v) is 16.0. The molecule has 2 amide bonds. The molecule has 0 fully saturated rings. The summed E-state index contributed by atoms with van der Waals surface area (Å²) in [5.41, 5.74) is 15.1. The van der Waals surface area contributed by atoms with Crippen LogP contribution < -0.4 is 22.5 Å². The van der Waals surface area contributed by atoms with E-state index in [0.717, 1.165) is 0 Å². The first-order valence-corrected chi connectivity index (χ1v) is 8.55. The highest BCUT2D eigenvalue weighted by Crippen LogP contribution is 2.06. The van der Waals surface area contributed by atoms with Crippen molar-refractivity contribution in [1.82, 2.24) is 5.32 Å². The monoisotopic (exact) mass is 406 g/mol. The Hall–Kier alpha value is -2.73. The molecule has 12 nitrogen and oxygen atoms in total. The van der Waals surface area contributed by atoms with Gasteiger partial charge in [0.1, 0.15) is 18.1 Å². The van der Waals surface area contributed by atoms with Gasteiger partial charge in [-0.1, -0.05) is 13.8 Å². The Balaban J connectivity index is 0. The Labute approximate surface area is 162 Å². The number of nitrogens with two attached hydrogens (primary N) is 3. The molecule has 28 heavy (non-hydrogen) atoms. The van der Waals surface area contributed by atoms with Gasteiger partial charge in [-0.2, -0.15) is 0 Å². The van der Waals surface area contributed by atoms with Gasteiger partial charge in [0.25, 0.3) is 0 Å². The van der Waals surface area contributed by atoms with Crippen LogP contribution in [0.25, 0.3) is 0 Å². The zero-order valence-electron chi connectivity index (χ0n) is 16.0. The van der Waals surface area contributed by atoms with E-state index in [2.05, 4.69) is 5.32 Å². The molecule has 0 saturated heterocycles. The minimum absolute atomic E-state index is 0.0187. The number of nitrogens with one attached hydrogen (secondary N) is 1. The summed E-state index contributed by atoms with van der Waals surface area (Å²) in [7, 11) is 0. The maximum absolute atomic E-state index is 11.4. The first kappa shape index (κ1) is 27.5. The van der Waals surface area contributed by atoms with Crippen molar-refractivity contribution in [3.63, 3.8) is 0 Å². The van der Waals surface area contributed by atoms with Crippen LogP contribution in [0.15, 0.2) is 0 Å². The van der Waals surface area contributed by atoms with E-state index in [1.807, 2.05) is 13.8 Å². The van der Waals surface area contributed by atoms with Crippen LogP contribution in [-0.2, 0) is 24.0 Å². The van der Waals surface area contributed by atoms with Crippen LogP contribution in [0.4, 0.5) is 0 Å². The van der Waals surface area contributed by atoms with Gasteiger partial charge in [-0.05, 0) is 25.2 Å². The van der Waals surface area contributed by atoms with Crippen molar-refractivity contribution >= 4 is 29.7 Å². The Kier molecular flexibility index (Phi) is 14.1. The summed E-state index contributed by atoms with van der Waals surface area (Å²) in [5.74, 6) is -4.29. The smallest absolute Gasteiger partial charge is 0.326 e. The van der Waals surface area contributed by atoms with Crippen LogP contribution in [-0.4, -0.2) is 63.2 Å². The average Bonchev–Trinajstić information content (AvgIpc) is 2.56. The largest absolute Gasteiger partial charge is 0.480 e. The lowest BCUT2D eigenvalue weighted by molar-refractivity contribution is -0.142. The third-order valence-electron chi connectivity index (χ3n) is 3.36. The third-order valence-corrected chi connectivity index (χ3v) is 3.36. The molecule has 0 bridgehead atoms. The van der Waals surface area contributed by atoms with Crippen molar-refractivity contribution in [3.8, 4) is 0 Å². The van der Waals surface area contributed by atoms with E-state index in [0.29, 0.717) is 6.42 Å². The van der Waals surface area contributed by atoms with Crippen LogP contribution in [0.3, 0.4) is 0 Å². The molecule has 0 rings (SSSR count). The number of hydrogen-bond donors (Lipinski definition) is 7. The van der Waals surface area contributed by atoms with Crippen molar-refractivity contribution in [2.75, 3.05) is 0 Å². The number of aliphatic carboxylic acids is 3. The van der Waals surface area contributed by atoms with Crippen molar-refractivity contribution in [2.45, 2.75) is 64.1 Å². The topological polar surface area (TPSA) is 236 Å². The molecular weight excluding hydrogens is 376 g/mol. The lowest BCUT2D eigenvalue weighted by Crippen LogP contribution is -2.42. The van der Waals surface area contributed by atoms with E-state index < -0.39 is 47.8 Å². The Bertz CT molecular complexity index is 553. The second-order valence-electron chi connectivity index (χ2n) is 6.52. The quantitative estimate of drug-likeness (QED) is 0.197. The van der Waals surface area contributed by atoms with Crippen LogP contribution in [0.5, 0.6) is 0 Å². The summed E-state index contributed by atoms with van der Waals surface area (Å²) in [6.45, 7) is 3.70. The predicted molar refractivity (Wildman–Crippen MR) is 97.9 cm³/mol. The summed E-state index contributed by atoms with van der Waals surface area (Å²) in [4.78, 5) is 52.9. The molecule has 0 spiro atoms. The van der Waals surface area contributed by atoms with Gasteiger partial charge in [0.15, 0.2) is 0 Å². The zero-order chi connectivity index (χ0) is 22.4. The molecule has 12 heteroatoms. The van der Waals surface area contributed by atoms with E-state index in [1.165, 1.54) is 0 Å². The predicted octanol–water partition coefficient (Wildman–Crippen LogP) is -1.54. The highest BCUT2D eigenvalue weighted by Gasteiger charge is 2.22. The van der Waals surface area contributed by atoms with Gasteiger partial charge in [-0.15, -0.1) is 0 Å². The van der Waals surface area contributed by atoms with E-state index in [9.17, 15) is 24.0 Å². The fraction of sp³-hybridized carbons (Fsp3) is 0.688. The summed E-state index contributed by atoms with van der Waals surface area (Å²) >= 11 is 0. The summed E-state index contributed by atoms with van der Waals surface area (Å²) in [6, 6.07) is -3.03. The first-order valence-electron chi connectivity index (χ1n) is 8.55. The second-order valence-corrected chi connectivity index (χ2v) is 6.52. The molecule has 162 valence electrons. The minimum atomic E-state index is -1.18. The molecule has 0 aliphatic rings. The number of amides is 2. The molecular formula is C16H30N4O8.